The minimum Gasteiger partial charge on any atom is -0.341 e. The molecule has 0 spiro atoms. The van der Waals surface area contributed by atoms with Gasteiger partial charge in [-0.05, 0) is 49.6 Å². The molecular weight excluding hydrogens is 447 g/mol. The van der Waals surface area contributed by atoms with Gasteiger partial charge in [-0.25, -0.2) is 9.69 Å². The third-order valence-electron chi connectivity index (χ3n) is 5.01. The average Bonchev–Trinajstić information content (AvgIpc) is 2.78. The van der Waals surface area contributed by atoms with Gasteiger partial charge in [0.25, 0.3) is 0 Å². The summed E-state index contributed by atoms with van der Waals surface area (Å²) in [5.74, 6) is -0.640. The number of alkyl halides is 3. The summed E-state index contributed by atoms with van der Waals surface area (Å²) in [6.07, 6.45) is 0.938. The van der Waals surface area contributed by atoms with Gasteiger partial charge in [-0.3, -0.25) is 15.2 Å². The number of hydrogen-bond donors (Lipinski definition) is 2. The SMILES string of the molecule is N=C(c1ccncc1Cl)N(C(=O)NCC(=O)N1CCCCC1)c1ccc(C(F)(F)F)cc1. The van der Waals surface area contributed by atoms with Gasteiger partial charge in [0, 0.05) is 31.0 Å². The molecule has 0 atom stereocenters. The van der Waals surface area contributed by atoms with E-state index in [4.69, 9.17) is 17.0 Å². The molecule has 0 aliphatic carbocycles. The highest BCUT2D eigenvalue weighted by Crippen LogP contribution is 2.31. The number of carbonyl (C=O) groups excluding carboxylic acids is 2. The smallest absolute Gasteiger partial charge is 0.341 e. The molecule has 2 N–H and O–H groups in total. The van der Waals surface area contributed by atoms with Crippen molar-refractivity contribution in [3.63, 3.8) is 0 Å². The summed E-state index contributed by atoms with van der Waals surface area (Å²) in [5.41, 5.74) is -0.728. The lowest BCUT2D eigenvalue weighted by atomic mass is 10.1. The first-order valence-corrected chi connectivity index (χ1v) is 10.3. The number of likely N-dealkylation sites (tertiary alicyclic amines) is 1. The molecule has 1 aromatic carbocycles. The minimum atomic E-state index is -4.55. The fourth-order valence-corrected chi connectivity index (χ4v) is 3.53. The molecule has 2 heterocycles. The Labute approximate surface area is 187 Å². The predicted octanol–water partition coefficient (Wildman–Crippen LogP) is 4.31. The zero-order valence-electron chi connectivity index (χ0n) is 17.0. The van der Waals surface area contributed by atoms with Crippen LogP contribution in [0.3, 0.4) is 0 Å². The second-order valence-corrected chi connectivity index (χ2v) is 7.59. The Bertz CT molecular complexity index is 992. The summed E-state index contributed by atoms with van der Waals surface area (Å²) >= 11 is 6.10. The number of nitrogens with zero attached hydrogens (tertiary/aromatic N) is 3. The molecule has 7 nitrogen and oxygen atoms in total. The van der Waals surface area contributed by atoms with E-state index in [1.165, 1.54) is 18.5 Å². The number of urea groups is 1. The van der Waals surface area contributed by atoms with Gasteiger partial charge in [-0.2, -0.15) is 13.2 Å². The van der Waals surface area contributed by atoms with Crippen LogP contribution in [0, 0.1) is 5.41 Å². The number of aromatic nitrogens is 1. The number of pyridine rings is 1. The quantitative estimate of drug-likeness (QED) is 0.518. The van der Waals surface area contributed by atoms with Gasteiger partial charge in [-0.1, -0.05) is 11.6 Å². The van der Waals surface area contributed by atoms with Gasteiger partial charge < -0.3 is 10.2 Å². The van der Waals surface area contributed by atoms with Crippen LogP contribution in [0.4, 0.5) is 23.7 Å². The van der Waals surface area contributed by atoms with Crippen LogP contribution in [-0.4, -0.2) is 47.3 Å². The number of amidine groups is 1. The molecule has 1 aliphatic rings. The fraction of sp³-hybridized carbons (Fsp3) is 0.333. The highest BCUT2D eigenvalue weighted by molar-refractivity contribution is 6.36. The maximum Gasteiger partial charge on any atom is 0.416 e. The minimum absolute atomic E-state index is 0.0128. The van der Waals surface area contributed by atoms with Crippen molar-refractivity contribution in [3.05, 3.63) is 58.9 Å². The first-order valence-electron chi connectivity index (χ1n) is 9.90. The van der Waals surface area contributed by atoms with Crippen molar-refractivity contribution in [1.82, 2.24) is 15.2 Å². The van der Waals surface area contributed by atoms with Crippen LogP contribution in [0.15, 0.2) is 42.7 Å². The van der Waals surface area contributed by atoms with Crippen LogP contribution in [0.1, 0.15) is 30.4 Å². The van der Waals surface area contributed by atoms with Crippen LogP contribution in [0.2, 0.25) is 5.02 Å². The van der Waals surface area contributed by atoms with Crippen molar-refractivity contribution >= 4 is 35.1 Å². The molecule has 0 saturated carbocycles. The van der Waals surface area contributed by atoms with E-state index in [1.54, 1.807) is 4.90 Å². The second kappa shape index (κ2) is 9.99. The summed E-state index contributed by atoms with van der Waals surface area (Å²) in [7, 11) is 0. The van der Waals surface area contributed by atoms with Crippen LogP contribution in [-0.2, 0) is 11.0 Å². The number of amides is 3. The van der Waals surface area contributed by atoms with Gasteiger partial charge >= 0.3 is 12.2 Å². The highest BCUT2D eigenvalue weighted by Gasteiger charge is 2.31. The van der Waals surface area contributed by atoms with E-state index >= 15 is 0 Å². The molecule has 1 aromatic heterocycles. The number of piperidine rings is 1. The predicted molar refractivity (Wildman–Crippen MR) is 114 cm³/mol. The first-order chi connectivity index (χ1) is 15.2. The summed E-state index contributed by atoms with van der Waals surface area (Å²) in [6, 6.07) is 4.37. The van der Waals surface area contributed by atoms with Gasteiger partial charge in [0.15, 0.2) is 0 Å². The van der Waals surface area contributed by atoms with Crippen molar-refractivity contribution in [3.8, 4) is 0 Å². The van der Waals surface area contributed by atoms with E-state index in [1.807, 2.05) is 0 Å². The Kier molecular flexibility index (Phi) is 7.34. The van der Waals surface area contributed by atoms with E-state index in [0.29, 0.717) is 13.1 Å². The molecule has 1 fully saturated rings. The molecule has 1 saturated heterocycles. The van der Waals surface area contributed by atoms with Crippen molar-refractivity contribution in [1.29, 1.82) is 5.41 Å². The standard InChI is InChI=1S/C21H21ClF3N5O2/c22-17-12-27-9-8-16(17)19(26)30(15-6-4-14(5-7-15)21(23,24)25)20(32)28-13-18(31)29-10-2-1-3-11-29/h4-9,12,26H,1-3,10-11,13H2,(H,28,32). The molecule has 0 bridgehead atoms. The number of anilines is 1. The number of hydrogen-bond acceptors (Lipinski definition) is 4. The van der Waals surface area contributed by atoms with E-state index < -0.39 is 17.8 Å². The topological polar surface area (TPSA) is 89.4 Å². The average molecular weight is 468 g/mol. The third kappa shape index (κ3) is 5.56. The maximum atomic E-state index is 13.0. The number of halogens is 4. The molecule has 32 heavy (non-hydrogen) atoms. The van der Waals surface area contributed by atoms with Gasteiger partial charge in [0.2, 0.25) is 5.91 Å². The summed E-state index contributed by atoms with van der Waals surface area (Å²) in [4.78, 5) is 31.7. The van der Waals surface area contributed by atoms with Crippen molar-refractivity contribution in [2.75, 3.05) is 24.5 Å². The molecule has 3 amide bonds. The van der Waals surface area contributed by atoms with Crippen molar-refractivity contribution in [2.45, 2.75) is 25.4 Å². The maximum absolute atomic E-state index is 13.0. The molecule has 0 unspecified atom stereocenters. The first kappa shape index (κ1) is 23.5. The highest BCUT2D eigenvalue weighted by atomic mass is 35.5. The summed E-state index contributed by atoms with van der Waals surface area (Å²) in [6.45, 7) is 0.923. The largest absolute Gasteiger partial charge is 0.416 e. The van der Waals surface area contributed by atoms with Crippen LogP contribution in [0.25, 0.3) is 0 Å². The zero-order valence-corrected chi connectivity index (χ0v) is 17.7. The Balaban J connectivity index is 1.84. The molecule has 170 valence electrons. The van der Waals surface area contributed by atoms with Crippen LogP contribution in [0.5, 0.6) is 0 Å². The molecule has 11 heteroatoms. The van der Waals surface area contributed by atoms with E-state index in [9.17, 15) is 22.8 Å². The van der Waals surface area contributed by atoms with E-state index in [0.717, 1.165) is 48.4 Å². The van der Waals surface area contributed by atoms with Gasteiger partial charge in [-0.15, -0.1) is 0 Å². The lowest BCUT2D eigenvalue weighted by molar-refractivity contribution is -0.137. The number of benzene rings is 1. The lowest BCUT2D eigenvalue weighted by Gasteiger charge is -2.28. The van der Waals surface area contributed by atoms with Crippen molar-refractivity contribution in [2.24, 2.45) is 0 Å². The number of nitrogens with one attached hydrogen (secondary N) is 2. The Morgan fingerprint density at radius 2 is 1.78 bits per heavy atom. The fourth-order valence-electron chi connectivity index (χ4n) is 3.32. The van der Waals surface area contributed by atoms with Crippen molar-refractivity contribution < 1.29 is 22.8 Å². The Morgan fingerprint density at radius 3 is 2.38 bits per heavy atom. The van der Waals surface area contributed by atoms with E-state index in [2.05, 4.69) is 10.3 Å². The second-order valence-electron chi connectivity index (χ2n) is 7.18. The Morgan fingerprint density at radius 1 is 1.12 bits per heavy atom. The lowest BCUT2D eigenvalue weighted by Crippen LogP contribution is -2.48. The monoisotopic (exact) mass is 467 g/mol. The molecule has 3 rings (SSSR count). The number of rotatable bonds is 4. The van der Waals surface area contributed by atoms with E-state index in [-0.39, 0.29) is 34.6 Å². The molecule has 0 radical (unpaired) electrons. The van der Waals surface area contributed by atoms with Crippen LogP contribution >= 0.6 is 11.6 Å². The number of carbonyl (C=O) groups is 2. The summed E-state index contributed by atoms with van der Waals surface area (Å²) in [5, 5.41) is 11.0. The molecule has 2 aromatic rings. The third-order valence-corrected chi connectivity index (χ3v) is 5.31. The van der Waals surface area contributed by atoms with Crippen LogP contribution < -0.4 is 10.2 Å². The zero-order chi connectivity index (χ0) is 23.3. The molecular formula is C21H21ClF3N5O2. The Hall–Kier alpha value is -3.14. The van der Waals surface area contributed by atoms with Gasteiger partial charge in [0.1, 0.15) is 5.84 Å². The normalized spacial score (nSPS) is 14.1. The molecule has 1 aliphatic heterocycles. The summed E-state index contributed by atoms with van der Waals surface area (Å²) < 4.78 is 38.8. The van der Waals surface area contributed by atoms with Gasteiger partial charge in [0.05, 0.1) is 22.8 Å².